The van der Waals surface area contributed by atoms with Crippen molar-refractivity contribution < 1.29 is 18.0 Å². The van der Waals surface area contributed by atoms with E-state index < -0.39 is 22.9 Å². The molecular weight excluding hydrogens is 391 g/mol. The summed E-state index contributed by atoms with van der Waals surface area (Å²) in [6.07, 6.45) is -3.15. The number of nitrogens with zero attached hydrogens (tertiary/aromatic N) is 1. The molecule has 0 bridgehead atoms. The number of aromatic amines is 1. The number of thioether (sulfide) groups is 1. The number of hydrogen-bond acceptors (Lipinski definition) is 4. The smallest absolute Gasteiger partial charge is 0.325 e. The third-order valence-electron chi connectivity index (χ3n) is 3.87. The van der Waals surface area contributed by atoms with Crippen LogP contribution in [0.3, 0.4) is 0 Å². The lowest BCUT2D eigenvalue weighted by atomic mass is 10.1. The average Bonchev–Trinajstić information content (AvgIpc) is 2.58. The molecule has 0 radical (unpaired) electrons. The van der Waals surface area contributed by atoms with Crippen LogP contribution in [0.4, 0.5) is 18.9 Å². The van der Waals surface area contributed by atoms with Gasteiger partial charge in [-0.25, -0.2) is 4.98 Å². The second-order valence-corrected chi connectivity index (χ2v) is 7.74. The van der Waals surface area contributed by atoms with Gasteiger partial charge in [-0.3, -0.25) is 9.59 Å². The van der Waals surface area contributed by atoms with E-state index >= 15 is 0 Å². The van der Waals surface area contributed by atoms with E-state index in [9.17, 15) is 22.8 Å². The molecule has 0 saturated carbocycles. The fourth-order valence-corrected chi connectivity index (χ4v) is 3.59. The van der Waals surface area contributed by atoms with Crippen LogP contribution in [0.1, 0.15) is 38.4 Å². The molecule has 9 heteroatoms. The van der Waals surface area contributed by atoms with E-state index in [1.54, 1.807) is 13.8 Å². The first kappa shape index (κ1) is 22.0. The Kier molecular flexibility index (Phi) is 7.29. The molecule has 0 spiro atoms. The first-order valence-corrected chi connectivity index (χ1v) is 9.73. The van der Waals surface area contributed by atoms with E-state index in [0.29, 0.717) is 12.1 Å². The zero-order valence-electron chi connectivity index (χ0n) is 15.8. The zero-order valence-corrected chi connectivity index (χ0v) is 16.6. The van der Waals surface area contributed by atoms with Crippen LogP contribution in [0.15, 0.2) is 40.3 Å². The number of nitrogens with one attached hydrogen (secondary N) is 2. The number of rotatable bonds is 7. The van der Waals surface area contributed by atoms with E-state index in [1.165, 1.54) is 24.3 Å². The number of amides is 1. The maximum absolute atomic E-state index is 13.2. The third-order valence-corrected chi connectivity index (χ3v) is 5.30. The Morgan fingerprint density at radius 2 is 1.96 bits per heavy atom. The minimum atomic E-state index is -4.58. The Bertz CT molecular complexity index is 881. The Hall–Kier alpha value is -2.29. The second-order valence-electron chi connectivity index (χ2n) is 6.61. The monoisotopic (exact) mass is 413 g/mol. The van der Waals surface area contributed by atoms with Crippen molar-refractivity contribution in [3.05, 3.63) is 51.9 Å². The lowest BCUT2D eigenvalue weighted by Gasteiger charge is -2.21. The molecule has 0 saturated heterocycles. The second kappa shape index (κ2) is 9.27. The van der Waals surface area contributed by atoms with E-state index in [1.807, 2.05) is 6.92 Å². The molecule has 0 aliphatic heterocycles. The average molecular weight is 413 g/mol. The number of aromatic nitrogens is 2. The molecule has 5 nitrogen and oxygen atoms in total. The van der Waals surface area contributed by atoms with Gasteiger partial charge in [-0.15, -0.1) is 0 Å². The minimum absolute atomic E-state index is 0.205. The van der Waals surface area contributed by atoms with E-state index in [4.69, 9.17) is 0 Å². The Labute approximate surface area is 165 Å². The SMILES string of the molecule is CCCc1cc(=O)[nH]c(SC(C(=O)Nc2ccccc2C(F)(F)F)C(C)C)n1. The maximum atomic E-state index is 13.2. The lowest BCUT2D eigenvalue weighted by molar-refractivity contribution is -0.137. The van der Waals surface area contributed by atoms with Crippen LogP contribution < -0.4 is 10.9 Å². The summed E-state index contributed by atoms with van der Waals surface area (Å²) in [5, 5.41) is 1.91. The van der Waals surface area contributed by atoms with Crippen molar-refractivity contribution in [2.75, 3.05) is 5.32 Å². The van der Waals surface area contributed by atoms with Crippen LogP contribution in [0.2, 0.25) is 0 Å². The van der Waals surface area contributed by atoms with Gasteiger partial charge >= 0.3 is 6.18 Å². The largest absolute Gasteiger partial charge is 0.418 e. The van der Waals surface area contributed by atoms with Gasteiger partial charge in [0.2, 0.25) is 5.91 Å². The topological polar surface area (TPSA) is 74.8 Å². The molecule has 1 heterocycles. The van der Waals surface area contributed by atoms with E-state index in [2.05, 4.69) is 15.3 Å². The molecule has 2 rings (SSSR count). The maximum Gasteiger partial charge on any atom is 0.418 e. The van der Waals surface area contributed by atoms with Crippen LogP contribution in [0.25, 0.3) is 0 Å². The van der Waals surface area contributed by atoms with Crippen LogP contribution >= 0.6 is 11.8 Å². The number of aryl methyl sites for hydroxylation is 1. The summed E-state index contributed by atoms with van der Waals surface area (Å²) in [7, 11) is 0. The molecule has 0 aliphatic rings. The summed E-state index contributed by atoms with van der Waals surface area (Å²) in [4.78, 5) is 31.5. The number of carbonyl (C=O) groups is 1. The highest BCUT2D eigenvalue weighted by Gasteiger charge is 2.34. The molecular formula is C19H22F3N3O2S. The quantitative estimate of drug-likeness (QED) is 0.518. The van der Waals surface area contributed by atoms with Crippen molar-refractivity contribution in [2.45, 2.75) is 50.2 Å². The molecule has 1 atom stereocenters. The van der Waals surface area contributed by atoms with Gasteiger partial charge in [0, 0.05) is 11.8 Å². The van der Waals surface area contributed by atoms with E-state index in [0.717, 1.165) is 24.2 Å². The summed E-state index contributed by atoms with van der Waals surface area (Å²) >= 11 is 1.03. The number of benzene rings is 1. The number of alkyl halides is 3. The molecule has 2 N–H and O–H groups in total. The highest BCUT2D eigenvalue weighted by molar-refractivity contribution is 8.00. The van der Waals surface area contributed by atoms with Crippen molar-refractivity contribution in [1.29, 1.82) is 0 Å². The fourth-order valence-electron chi connectivity index (χ4n) is 2.58. The van der Waals surface area contributed by atoms with Crippen molar-refractivity contribution in [3.63, 3.8) is 0 Å². The number of halogens is 3. The van der Waals surface area contributed by atoms with Gasteiger partial charge in [-0.05, 0) is 24.5 Å². The summed E-state index contributed by atoms with van der Waals surface area (Å²) in [5.74, 6) is -0.788. The summed E-state index contributed by atoms with van der Waals surface area (Å²) in [6.45, 7) is 5.51. The van der Waals surface area contributed by atoms with E-state index in [-0.39, 0.29) is 22.3 Å². The third kappa shape index (κ3) is 5.85. The summed E-state index contributed by atoms with van der Waals surface area (Å²) in [6, 6.07) is 6.22. The minimum Gasteiger partial charge on any atom is -0.325 e. The van der Waals surface area contributed by atoms with Gasteiger partial charge in [0.05, 0.1) is 16.5 Å². The molecule has 0 fully saturated rings. The Morgan fingerprint density at radius 1 is 1.29 bits per heavy atom. The number of anilines is 1. The molecule has 152 valence electrons. The molecule has 1 aromatic carbocycles. The van der Waals surface area contributed by atoms with Crippen LogP contribution in [-0.4, -0.2) is 21.1 Å². The molecule has 1 amide bonds. The number of carbonyl (C=O) groups excluding carboxylic acids is 1. The van der Waals surface area contributed by atoms with Crippen molar-refractivity contribution >= 4 is 23.4 Å². The first-order valence-electron chi connectivity index (χ1n) is 8.85. The molecule has 1 aromatic heterocycles. The van der Waals surface area contributed by atoms with Gasteiger partial charge < -0.3 is 10.3 Å². The van der Waals surface area contributed by atoms with Gasteiger partial charge in [0.15, 0.2) is 5.16 Å². The van der Waals surface area contributed by atoms with Gasteiger partial charge in [0.1, 0.15) is 0 Å². The van der Waals surface area contributed by atoms with Gasteiger partial charge in [-0.1, -0.05) is 51.1 Å². The molecule has 0 aliphatic carbocycles. The zero-order chi connectivity index (χ0) is 20.9. The first-order chi connectivity index (χ1) is 13.1. The van der Waals surface area contributed by atoms with Crippen LogP contribution in [0.5, 0.6) is 0 Å². The van der Waals surface area contributed by atoms with Crippen LogP contribution in [0, 0.1) is 5.92 Å². The van der Waals surface area contributed by atoms with Crippen molar-refractivity contribution in [2.24, 2.45) is 5.92 Å². The molecule has 1 unspecified atom stereocenters. The van der Waals surface area contributed by atoms with Gasteiger partial charge in [0.25, 0.3) is 5.56 Å². The standard InChI is InChI=1S/C19H22F3N3O2S/c1-4-7-12-10-15(26)25-18(23-12)28-16(11(2)3)17(27)24-14-9-6-5-8-13(14)19(20,21)22/h5-6,8-11,16H,4,7H2,1-3H3,(H,24,27)(H,23,25,26). The normalized spacial score (nSPS) is 12.8. The molecule has 28 heavy (non-hydrogen) atoms. The highest BCUT2D eigenvalue weighted by atomic mass is 32.2. The predicted molar refractivity (Wildman–Crippen MR) is 103 cm³/mol. The fraction of sp³-hybridized carbons (Fsp3) is 0.421. The number of H-pyrrole nitrogens is 1. The highest BCUT2D eigenvalue weighted by Crippen LogP contribution is 2.35. The Balaban J connectivity index is 2.26. The molecule has 2 aromatic rings. The number of hydrogen-bond donors (Lipinski definition) is 2. The Morgan fingerprint density at radius 3 is 2.57 bits per heavy atom. The summed E-state index contributed by atoms with van der Waals surface area (Å²) in [5.41, 5.74) is -0.926. The van der Waals surface area contributed by atoms with Crippen LogP contribution in [-0.2, 0) is 17.4 Å². The lowest BCUT2D eigenvalue weighted by Crippen LogP contribution is -2.31. The van der Waals surface area contributed by atoms with Crippen molar-refractivity contribution in [3.8, 4) is 0 Å². The predicted octanol–water partition coefficient (Wildman–Crippen LogP) is 4.50. The number of para-hydroxylation sites is 1. The van der Waals surface area contributed by atoms with Gasteiger partial charge in [-0.2, -0.15) is 13.2 Å². The summed E-state index contributed by atoms with van der Waals surface area (Å²) < 4.78 is 39.5. The van der Waals surface area contributed by atoms with Crippen molar-refractivity contribution in [1.82, 2.24) is 9.97 Å².